The van der Waals surface area contributed by atoms with Crippen LogP contribution in [0.2, 0.25) is 0 Å². The predicted octanol–water partition coefficient (Wildman–Crippen LogP) is 0.357. The number of ether oxygens (including phenoxy) is 1. The van der Waals surface area contributed by atoms with Crippen LogP contribution in [0.15, 0.2) is 0 Å². The molecule has 0 aromatic carbocycles. The van der Waals surface area contributed by atoms with Crippen LogP contribution in [-0.2, 0) is 14.3 Å². The van der Waals surface area contributed by atoms with E-state index in [-0.39, 0.29) is 11.8 Å². The van der Waals surface area contributed by atoms with Crippen molar-refractivity contribution in [1.82, 2.24) is 5.32 Å². The third kappa shape index (κ3) is 7.24. The van der Waals surface area contributed by atoms with Gasteiger partial charge < -0.3 is 20.9 Å². The number of nitrogens with two attached hydrogens (primary N) is 1. The molecule has 0 saturated heterocycles. The number of carbonyl (C=O) groups is 2. The monoisotopic (exact) mass is 260 g/mol. The lowest BCUT2D eigenvalue weighted by Crippen LogP contribution is -2.43. The van der Waals surface area contributed by atoms with Gasteiger partial charge in [-0.2, -0.15) is 0 Å². The fraction of sp³-hybridized carbons (Fsp3) is 0.833. The Balaban J connectivity index is 4.14. The van der Waals surface area contributed by atoms with E-state index >= 15 is 0 Å². The van der Waals surface area contributed by atoms with Gasteiger partial charge in [0.2, 0.25) is 5.91 Å². The van der Waals surface area contributed by atoms with E-state index in [9.17, 15) is 9.59 Å². The highest BCUT2D eigenvalue weighted by molar-refractivity contribution is 5.84. The van der Waals surface area contributed by atoms with Gasteiger partial charge in [-0.05, 0) is 32.2 Å². The Labute approximate surface area is 108 Å². The second-order valence-corrected chi connectivity index (χ2v) is 4.37. The molecule has 0 radical (unpaired) electrons. The van der Waals surface area contributed by atoms with Crippen LogP contribution < -0.4 is 11.1 Å². The van der Waals surface area contributed by atoms with Crippen molar-refractivity contribution in [1.29, 1.82) is 0 Å². The normalized spacial score (nSPS) is 13.9. The molecule has 18 heavy (non-hydrogen) atoms. The molecule has 2 unspecified atom stereocenters. The predicted molar refractivity (Wildman–Crippen MR) is 68.1 cm³/mol. The molecule has 0 aliphatic heterocycles. The molecule has 0 fully saturated rings. The highest BCUT2D eigenvalue weighted by atomic mass is 16.5. The first-order valence-corrected chi connectivity index (χ1v) is 6.25. The molecule has 0 rings (SSSR count). The van der Waals surface area contributed by atoms with Crippen molar-refractivity contribution >= 4 is 11.9 Å². The lowest BCUT2D eigenvalue weighted by Gasteiger charge is -2.17. The summed E-state index contributed by atoms with van der Waals surface area (Å²) in [6, 6.07) is -0.840. The Morgan fingerprint density at radius 1 is 1.33 bits per heavy atom. The maximum atomic E-state index is 11.7. The summed E-state index contributed by atoms with van der Waals surface area (Å²) in [7, 11) is 1.56. The van der Waals surface area contributed by atoms with Crippen molar-refractivity contribution in [2.75, 3.05) is 20.3 Å². The number of amides is 1. The van der Waals surface area contributed by atoms with Crippen LogP contribution in [0.4, 0.5) is 0 Å². The second kappa shape index (κ2) is 9.85. The maximum Gasteiger partial charge on any atom is 0.326 e. The molecule has 0 aromatic heterocycles. The van der Waals surface area contributed by atoms with Crippen molar-refractivity contribution in [3.8, 4) is 0 Å². The van der Waals surface area contributed by atoms with Crippen LogP contribution in [-0.4, -0.2) is 43.3 Å². The SMILES string of the molecule is COCCCC(NC(=O)C(C)CCCN)C(=O)O. The molecule has 0 heterocycles. The van der Waals surface area contributed by atoms with Crippen LogP contribution in [0.1, 0.15) is 32.6 Å². The molecular weight excluding hydrogens is 236 g/mol. The zero-order valence-electron chi connectivity index (χ0n) is 11.1. The topological polar surface area (TPSA) is 102 Å². The third-order valence-corrected chi connectivity index (χ3v) is 2.74. The van der Waals surface area contributed by atoms with Crippen molar-refractivity contribution < 1.29 is 19.4 Å². The molecule has 0 aromatic rings. The van der Waals surface area contributed by atoms with Crippen molar-refractivity contribution in [2.24, 2.45) is 11.7 Å². The second-order valence-electron chi connectivity index (χ2n) is 4.37. The summed E-state index contributed by atoms with van der Waals surface area (Å²) in [5, 5.41) is 11.6. The number of hydrogen-bond donors (Lipinski definition) is 3. The van der Waals surface area contributed by atoms with Crippen LogP contribution in [0.3, 0.4) is 0 Å². The van der Waals surface area contributed by atoms with Gasteiger partial charge in [-0.3, -0.25) is 4.79 Å². The van der Waals surface area contributed by atoms with E-state index in [0.717, 1.165) is 6.42 Å². The van der Waals surface area contributed by atoms with Gasteiger partial charge in [-0.1, -0.05) is 6.92 Å². The largest absolute Gasteiger partial charge is 0.480 e. The smallest absolute Gasteiger partial charge is 0.326 e. The number of hydrogen-bond acceptors (Lipinski definition) is 4. The van der Waals surface area contributed by atoms with Gasteiger partial charge in [0.05, 0.1) is 0 Å². The molecule has 0 aliphatic rings. The van der Waals surface area contributed by atoms with Crippen LogP contribution in [0.25, 0.3) is 0 Å². The Hall–Kier alpha value is -1.14. The van der Waals surface area contributed by atoms with Crippen molar-refractivity contribution in [3.05, 3.63) is 0 Å². The van der Waals surface area contributed by atoms with E-state index < -0.39 is 12.0 Å². The Morgan fingerprint density at radius 3 is 2.50 bits per heavy atom. The zero-order valence-corrected chi connectivity index (χ0v) is 11.1. The average Bonchev–Trinajstić information content (AvgIpc) is 2.34. The van der Waals surface area contributed by atoms with E-state index in [1.54, 1.807) is 14.0 Å². The number of carbonyl (C=O) groups excluding carboxylic acids is 1. The molecule has 106 valence electrons. The molecule has 6 heteroatoms. The fourth-order valence-electron chi connectivity index (χ4n) is 1.56. The Kier molecular flexibility index (Phi) is 9.22. The molecule has 0 spiro atoms. The summed E-state index contributed by atoms with van der Waals surface area (Å²) in [5.41, 5.74) is 5.37. The summed E-state index contributed by atoms with van der Waals surface area (Å²) in [6.07, 6.45) is 2.41. The molecule has 2 atom stereocenters. The van der Waals surface area contributed by atoms with Crippen LogP contribution >= 0.6 is 0 Å². The zero-order chi connectivity index (χ0) is 14.0. The van der Waals surface area contributed by atoms with Gasteiger partial charge in [-0.15, -0.1) is 0 Å². The van der Waals surface area contributed by atoms with Gasteiger partial charge in [0.15, 0.2) is 0 Å². The van der Waals surface area contributed by atoms with Gasteiger partial charge >= 0.3 is 5.97 Å². The summed E-state index contributed by atoms with van der Waals surface area (Å²) in [5.74, 6) is -1.45. The summed E-state index contributed by atoms with van der Waals surface area (Å²) in [6.45, 7) is 2.80. The highest BCUT2D eigenvalue weighted by Gasteiger charge is 2.22. The van der Waals surface area contributed by atoms with E-state index in [0.29, 0.717) is 32.4 Å². The number of methoxy groups -OCH3 is 1. The number of carboxylic acid groups (broad SMARTS) is 1. The number of aliphatic carboxylic acids is 1. The van der Waals surface area contributed by atoms with Crippen LogP contribution in [0, 0.1) is 5.92 Å². The molecule has 0 aliphatic carbocycles. The first kappa shape index (κ1) is 16.9. The van der Waals surface area contributed by atoms with E-state index in [1.165, 1.54) is 0 Å². The lowest BCUT2D eigenvalue weighted by molar-refractivity contribution is -0.142. The first-order valence-electron chi connectivity index (χ1n) is 6.25. The van der Waals surface area contributed by atoms with Gasteiger partial charge in [0, 0.05) is 19.6 Å². The average molecular weight is 260 g/mol. The molecule has 4 N–H and O–H groups in total. The summed E-state index contributed by atoms with van der Waals surface area (Å²) < 4.78 is 4.86. The van der Waals surface area contributed by atoms with Gasteiger partial charge in [0.25, 0.3) is 0 Å². The minimum atomic E-state index is -1.01. The van der Waals surface area contributed by atoms with E-state index in [1.807, 2.05) is 0 Å². The van der Waals surface area contributed by atoms with E-state index in [2.05, 4.69) is 5.32 Å². The minimum Gasteiger partial charge on any atom is -0.480 e. The number of nitrogens with one attached hydrogen (secondary N) is 1. The molecule has 0 saturated carbocycles. The van der Waals surface area contributed by atoms with Crippen LogP contribution in [0.5, 0.6) is 0 Å². The fourth-order valence-corrected chi connectivity index (χ4v) is 1.56. The molecule has 6 nitrogen and oxygen atoms in total. The number of carboxylic acids is 1. The Morgan fingerprint density at radius 2 is 2.00 bits per heavy atom. The summed E-state index contributed by atoms with van der Waals surface area (Å²) >= 11 is 0. The highest BCUT2D eigenvalue weighted by Crippen LogP contribution is 2.06. The van der Waals surface area contributed by atoms with E-state index in [4.69, 9.17) is 15.6 Å². The quantitative estimate of drug-likeness (QED) is 0.492. The van der Waals surface area contributed by atoms with Gasteiger partial charge in [0.1, 0.15) is 6.04 Å². The first-order chi connectivity index (χ1) is 8.52. The van der Waals surface area contributed by atoms with Crippen molar-refractivity contribution in [3.63, 3.8) is 0 Å². The Bertz CT molecular complexity index is 258. The summed E-state index contributed by atoms with van der Waals surface area (Å²) in [4.78, 5) is 22.7. The maximum absolute atomic E-state index is 11.7. The standard InChI is InChI=1S/C12H24N2O4/c1-9(5-3-7-13)11(15)14-10(12(16)17)6-4-8-18-2/h9-10H,3-8,13H2,1-2H3,(H,14,15)(H,16,17). The minimum absolute atomic E-state index is 0.210. The third-order valence-electron chi connectivity index (χ3n) is 2.74. The molecular formula is C12H24N2O4. The van der Waals surface area contributed by atoms with Crippen molar-refractivity contribution in [2.45, 2.75) is 38.6 Å². The van der Waals surface area contributed by atoms with Gasteiger partial charge in [-0.25, -0.2) is 4.79 Å². The molecule has 1 amide bonds. The molecule has 0 bridgehead atoms. The lowest BCUT2D eigenvalue weighted by atomic mass is 10.0. The number of rotatable bonds is 10.